The van der Waals surface area contributed by atoms with E-state index < -0.39 is 0 Å². The molecule has 0 fully saturated rings. The molecular weight excluding hydrogens is 500 g/mol. The molecule has 206 valence electrons. The molecule has 40 heavy (non-hydrogen) atoms. The van der Waals surface area contributed by atoms with Crippen LogP contribution in [0.5, 0.6) is 0 Å². The molecule has 0 bridgehead atoms. The lowest BCUT2D eigenvalue weighted by molar-refractivity contribution is 0.250. The summed E-state index contributed by atoms with van der Waals surface area (Å²) in [6.07, 6.45) is 3.70. The number of carbonyl (C=O) groups is 2. The van der Waals surface area contributed by atoms with Crippen molar-refractivity contribution in [3.05, 3.63) is 109 Å². The van der Waals surface area contributed by atoms with Crippen LogP contribution in [-0.2, 0) is 0 Å². The Balaban J connectivity index is 1.01. The first-order valence-electron chi connectivity index (χ1n) is 13.6. The van der Waals surface area contributed by atoms with Gasteiger partial charge in [0, 0.05) is 47.2 Å². The molecule has 0 aliphatic rings. The van der Waals surface area contributed by atoms with E-state index in [0.29, 0.717) is 13.1 Å². The molecule has 0 saturated carbocycles. The van der Waals surface area contributed by atoms with Crippen LogP contribution in [0, 0.1) is 0 Å². The Morgan fingerprint density at radius 2 is 0.725 bits per heavy atom. The molecule has 0 unspecified atom stereocenters. The molecule has 0 radical (unpaired) electrons. The molecule has 0 heterocycles. The summed E-state index contributed by atoms with van der Waals surface area (Å²) >= 11 is 0. The quantitative estimate of drug-likeness (QED) is 0.0986. The van der Waals surface area contributed by atoms with Crippen molar-refractivity contribution in [1.29, 1.82) is 0 Å². The van der Waals surface area contributed by atoms with Gasteiger partial charge in [-0.25, -0.2) is 9.59 Å². The monoisotopic (exact) mass is 536 g/mol. The molecule has 8 nitrogen and oxygen atoms in total. The third-order valence-corrected chi connectivity index (χ3v) is 6.09. The number of carbonyl (C=O) groups excluding carboxylic acids is 2. The van der Waals surface area contributed by atoms with E-state index in [2.05, 4.69) is 31.9 Å². The molecule has 8 heteroatoms. The zero-order valence-electron chi connectivity index (χ0n) is 22.5. The highest BCUT2D eigenvalue weighted by Gasteiger charge is 2.03. The van der Waals surface area contributed by atoms with Gasteiger partial charge in [-0.3, -0.25) is 0 Å². The minimum Gasteiger partial charge on any atom is -0.356 e. The SMILES string of the molecule is O=C(NCCCCCCNC(=O)Nc1ccc(Nc2ccccc2)cc1)Nc1ccc(Nc2ccccc2)cc1. The van der Waals surface area contributed by atoms with Crippen LogP contribution in [0.4, 0.5) is 43.7 Å². The van der Waals surface area contributed by atoms with Gasteiger partial charge in [0.15, 0.2) is 0 Å². The first-order valence-corrected chi connectivity index (χ1v) is 13.6. The minimum atomic E-state index is -0.217. The Morgan fingerprint density at radius 3 is 1.10 bits per heavy atom. The fourth-order valence-corrected chi connectivity index (χ4v) is 4.01. The molecular formula is C32H36N6O2. The second-order valence-electron chi connectivity index (χ2n) is 9.31. The van der Waals surface area contributed by atoms with Gasteiger partial charge < -0.3 is 31.9 Å². The number of amides is 4. The summed E-state index contributed by atoms with van der Waals surface area (Å²) in [7, 11) is 0. The van der Waals surface area contributed by atoms with Crippen molar-refractivity contribution in [2.45, 2.75) is 25.7 Å². The zero-order chi connectivity index (χ0) is 27.8. The average Bonchev–Trinajstić information content (AvgIpc) is 2.97. The largest absolute Gasteiger partial charge is 0.356 e. The van der Waals surface area contributed by atoms with Gasteiger partial charge in [-0.2, -0.15) is 0 Å². The summed E-state index contributed by atoms with van der Waals surface area (Å²) < 4.78 is 0. The van der Waals surface area contributed by atoms with Crippen molar-refractivity contribution in [2.75, 3.05) is 34.4 Å². The predicted octanol–water partition coefficient (Wildman–Crippen LogP) is 7.68. The van der Waals surface area contributed by atoms with E-state index >= 15 is 0 Å². The summed E-state index contributed by atoms with van der Waals surface area (Å²) in [5.74, 6) is 0. The summed E-state index contributed by atoms with van der Waals surface area (Å²) in [4.78, 5) is 24.3. The lowest BCUT2D eigenvalue weighted by Crippen LogP contribution is -2.30. The summed E-state index contributed by atoms with van der Waals surface area (Å²) in [6, 6.07) is 34.6. The predicted molar refractivity (Wildman–Crippen MR) is 165 cm³/mol. The van der Waals surface area contributed by atoms with Crippen LogP contribution in [0.1, 0.15) is 25.7 Å². The maximum atomic E-state index is 12.2. The molecule has 4 aromatic carbocycles. The molecule has 0 aromatic heterocycles. The summed E-state index contributed by atoms with van der Waals surface area (Å²) in [5.41, 5.74) is 5.40. The molecule has 6 N–H and O–H groups in total. The fourth-order valence-electron chi connectivity index (χ4n) is 4.01. The Labute approximate surface area is 235 Å². The Kier molecular flexibility index (Phi) is 10.8. The zero-order valence-corrected chi connectivity index (χ0v) is 22.5. The van der Waals surface area contributed by atoms with Crippen molar-refractivity contribution in [3.63, 3.8) is 0 Å². The maximum Gasteiger partial charge on any atom is 0.319 e. The fraction of sp³-hybridized carbons (Fsp3) is 0.188. The van der Waals surface area contributed by atoms with E-state index in [0.717, 1.165) is 59.8 Å². The summed E-state index contributed by atoms with van der Waals surface area (Å²) in [5, 5.41) is 18.1. The summed E-state index contributed by atoms with van der Waals surface area (Å²) in [6.45, 7) is 1.20. The van der Waals surface area contributed by atoms with E-state index in [-0.39, 0.29) is 12.1 Å². The van der Waals surface area contributed by atoms with Crippen molar-refractivity contribution >= 4 is 46.2 Å². The topological polar surface area (TPSA) is 106 Å². The molecule has 0 aliphatic heterocycles. The van der Waals surface area contributed by atoms with Gasteiger partial charge in [-0.05, 0) is 85.6 Å². The van der Waals surface area contributed by atoms with Gasteiger partial charge in [0.2, 0.25) is 0 Å². The molecule has 4 rings (SSSR count). The Bertz CT molecular complexity index is 1210. The molecule has 4 amide bonds. The third kappa shape index (κ3) is 10.1. The third-order valence-electron chi connectivity index (χ3n) is 6.09. The minimum absolute atomic E-state index is 0.217. The van der Waals surface area contributed by atoms with Gasteiger partial charge in [-0.15, -0.1) is 0 Å². The molecule has 0 saturated heterocycles. The highest BCUT2D eigenvalue weighted by atomic mass is 16.2. The van der Waals surface area contributed by atoms with E-state index in [1.54, 1.807) is 0 Å². The van der Waals surface area contributed by atoms with Gasteiger partial charge in [0.25, 0.3) is 0 Å². The van der Waals surface area contributed by atoms with Gasteiger partial charge in [-0.1, -0.05) is 49.2 Å². The van der Waals surface area contributed by atoms with Crippen molar-refractivity contribution in [2.24, 2.45) is 0 Å². The molecule has 0 spiro atoms. The number of urea groups is 2. The lowest BCUT2D eigenvalue weighted by atomic mass is 10.2. The first-order chi connectivity index (χ1) is 19.6. The van der Waals surface area contributed by atoms with Gasteiger partial charge in [0.1, 0.15) is 0 Å². The highest BCUT2D eigenvalue weighted by Crippen LogP contribution is 2.19. The van der Waals surface area contributed by atoms with Crippen molar-refractivity contribution in [3.8, 4) is 0 Å². The van der Waals surface area contributed by atoms with Gasteiger partial charge >= 0.3 is 12.1 Å². The lowest BCUT2D eigenvalue weighted by Gasteiger charge is -2.10. The number of unbranched alkanes of at least 4 members (excludes halogenated alkanes) is 3. The number of benzene rings is 4. The van der Waals surface area contributed by atoms with Crippen LogP contribution in [0.3, 0.4) is 0 Å². The van der Waals surface area contributed by atoms with Crippen LogP contribution in [-0.4, -0.2) is 25.2 Å². The number of para-hydroxylation sites is 2. The molecule has 0 atom stereocenters. The van der Waals surface area contributed by atoms with E-state index in [9.17, 15) is 9.59 Å². The van der Waals surface area contributed by atoms with Crippen LogP contribution in [0.25, 0.3) is 0 Å². The van der Waals surface area contributed by atoms with Crippen LogP contribution >= 0.6 is 0 Å². The van der Waals surface area contributed by atoms with Crippen molar-refractivity contribution < 1.29 is 9.59 Å². The highest BCUT2D eigenvalue weighted by molar-refractivity contribution is 5.90. The molecule has 4 aromatic rings. The maximum absolute atomic E-state index is 12.2. The number of hydrogen-bond donors (Lipinski definition) is 6. The smallest absolute Gasteiger partial charge is 0.319 e. The van der Waals surface area contributed by atoms with E-state index in [4.69, 9.17) is 0 Å². The number of hydrogen-bond acceptors (Lipinski definition) is 4. The Hall–Kier alpha value is -4.98. The Morgan fingerprint density at radius 1 is 0.400 bits per heavy atom. The average molecular weight is 537 g/mol. The normalized spacial score (nSPS) is 10.3. The number of anilines is 6. The van der Waals surface area contributed by atoms with Crippen LogP contribution < -0.4 is 31.9 Å². The number of rotatable bonds is 13. The number of nitrogens with one attached hydrogen (secondary N) is 6. The first kappa shape index (κ1) is 28.0. The van der Waals surface area contributed by atoms with Crippen LogP contribution in [0.15, 0.2) is 109 Å². The van der Waals surface area contributed by atoms with Gasteiger partial charge in [0.05, 0.1) is 0 Å². The second kappa shape index (κ2) is 15.4. The van der Waals surface area contributed by atoms with E-state index in [1.807, 2.05) is 109 Å². The van der Waals surface area contributed by atoms with E-state index in [1.165, 1.54) is 0 Å². The second-order valence-corrected chi connectivity index (χ2v) is 9.31. The molecule has 0 aliphatic carbocycles. The van der Waals surface area contributed by atoms with Crippen LogP contribution in [0.2, 0.25) is 0 Å². The van der Waals surface area contributed by atoms with Crippen molar-refractivity contribution in [1.82, 2.24) is 10.6 Å². The standard InChI is InChI=1S/C32H36N6O2/c39-31(37-29-19-15-27(16-20-29)35-25-11-5-3-6-12-25)33-23-9-1-2-10-24-34-32(40)38-30-21-17-28(18-22-30)36-26-13-7-4-8-14-26/h3-8,11-22,35-36H,1-2,9-10,23-24H2,(H2,33,37,39)(H2,34,38,40).